The SMILES string of the molecule is CC(=O)OC1CC[C@@]2(C)C(=CCC3C2CC[C@@]2(C)C3C[C@@H](CN)[C@@H]2C(C)=O)C1. The van der Waals surface area contributed by atoms with Crippen molar-refractivity contribution in [1.82, 2.24) is 0 Å². The molecule has 2 N–H and O–H groups in total. The van der Waals surface area contributed by atoms with Crippen LogP contribution < -0.4 is 5.73 Å². The summed E-state index contributed by atoms with van der Waals surface area (Å²) in [7, 11) is 0. The van der Waals surface area contributed by atoms with Gasteiger partial charge in [0.2, 0.25) is 0 Å². The van der Waals surface area contributed by atoms with Crippen LogP contribution in [0.5, 0.6) is 0 Å². The molecule has 28 heavy (non-hydrogen) atoms. The number of ether oxygens (including phenoxy) is 1. The largest absolute Gasteiger partial charge is 0.462 e. The van der Waals surface area contributed by atoms with Crippen LogP contribution in [0.15, 0.2) is 11.6 Å². The summed E-state index contributed by atoms with van der Waals surface area (Å²) < 4.78 is 5.54. The Kier molecular flexibility index (Phi) is 5.01. The van der Waals surface area contributed by atoms with Crippen molar-refractivity contribution in [2.75, 3.05) is 6.54 Å². The fraction of sp³-hybridized carbons (Fsp3) is 0.833. The van der Waals surface area contributed by atoms with Gasteiger partial charge in [0, 0.05) is 19.3 Å². The molecule has 4 nitrogen and oxygen atoms in total. The molecular formula is C24H37NO3. The third kappa shape index (κ3) is 2.89. The van der Waals surface area contributed by atoms with Gasteiger partial charge in [-0.15, -0.1) is 0 Å². The number of hydrogen-bond acceptors (Lipinski definition) is 4. The Labute approximate surface area is 169 Å². The van der Waals surface area contributed by atoms with E-state index in [1.165, 1.54) is 18.9 Å². The molecule has 4 aliphatic rings. The van der Waals surface area contributed by atoms with Crippen LogP contribution in [0, 0.1) is 40.4 Å². The first-order valence-electron chi connectivity index (χ1n) is 11.3. The number of fused-ring (bicyclic) bond motifs is 5. The van der Waals surface area contributed by atoms with Gasteiger partial charge in [-0.25, -0.2) is 0 Å². The van der Waals surface area contributed by atoms with Crippen molar-refractivity contribution < 1.29 is 14.3 Å². The molecule has 4 rings (SSSR count). The Morgan fingerprint density at radius 3 is 2.57 bits per heavy atom. The van der Waals surface area contributed by atoms with Crippen LogP contribution >= 0.6 is 0 Å². The molecule has 0 amide bonds. The summed E-state index contributed by atoms with van der Waals surface area (Å²) in [5.41, 5.74) is 7.99. The van der Waals surface area contributed by atoms with Gasteiger partial charge in [0.15, 0.2) is 0 Å². The van der Waals surface area contributed by atoms with E-state index < -0.39 is 0 Å². The van der Waals surface area contributed by atoms with Gasteiger partial charge in [0.1, 0.15) is 11.9 Å². The molecule has 0 aliphatic heterocycles. The van der Waals surface area contributed by atoms with E-state index in [2.05, 4.69) is 19.9 Å². The molecule has 8 atom stereocenters. The van der Waals surface area contributed by atoms with E-state index in [9.17, 15) is 9.59 Å². The number of hydrogen-bond donors (Lipinski definition) is 1. The molecule has 0 bridgehead atoms. The van der Waals surface area contributed by atoms with E-state index >= 15 is 0 Å². The van der Waals surface area contributed by atoms with Gasteiger partial charge in [-0.2, -0.15) is 0 Å². The summed E-state index contributed by atoms with van der Waals surface area (Å²) in [6, 6.07) is 0. The Morgan fingerprint density at radius 2 is 1.93 bits per heavy atom. The van der Waals surface area contributed by atoms with Crippen molar-refractivity contribution in [1.29, 1.82) is 0 Å². The number of ketones is 1. The number of allylic oxidation sites excluding steroid dienone is 1. The number of nitrogens with two attached hydrogens (primary N) is 1. The average molecular weight is 388 g/mol. The highest BCUT2D eigenvalue weighted by atomic mass is 16.5. The van der Waals surface area contributed by atoms with Crippen molar-refractivity contribution in [3.63, 3.8) is 0 Å². The lowest BCUT2D eigenvalue weighted by Gasteiger charge is -2.58. The highest BCUT2D eigenvalue weighted by molar-refractivity contribution is 5.80. The van der Waals surface area contributed by atoms with Gasteiger partial charge in [-0.05, 0) is 86.5 Å². The molecule has 0 aromatic heterocycles. The number of rotatable bonds is 3. The van der Waals surface area contributed by atoms with Gasteiger partial charge < -0.3 is 10.5 Å². The highest BCUT2D eigenvalue weighted by Crippen LogP contribution is 2.67. The lowest BCUT2D eigenvalue weighted by Crippen LogP contribution is -2.51. The fourth-order valence-corrected chi connectivity index (χ4v) is 8.17. The van der Waals surface area contributed by atoms with E-state index in [0.29, 0.717) is 36.0 Å². The Balaban J connectivity index is 1.61. The lowest BCUT2D eigenvalue weighted by molar-refractivity contribution is -0.149. The number of Topliss-reactive ketones (excluding diaryl/α,β-unsaturated/α-hetero) is 1. The zero-order chi connectivity index (χ0) is 20.3. The molecule has 156 valence electrons. The average Bonchev–Trinajstić information content (AvgIpc) is 2.94. The second-order valence-electron chi connectivity index (χ2n) is 10.6. The maximum Gasteiger partial charge on any atom is 0.302 e. The van der Waals surface area contributed by atoms with Crippen molar-refractivity contribution >= 4 is 11.8 Å². The zero-order valence-electron chi connectivity index (χ0n) is 18.0. The van der Waals surface area contributed by atoms with E-state index in [4.69, 9.17) is 10.5 Å². The summed E-state index contributed by atoms with van der Waals surface area (Å²) in [5, 5.41) is 0. The number of esters is 1. The molecule has 4 heteroatoms. The Bertz CT molecular complexity index is 700. The first-order valence-corrected chi connectivity index (χ1v) is 11.3. The van der Waals surface area contributed by atoms with E-state index in [1.807, 2.05) is 0 Å². The van der Waals surface area contributed by atoms with Gasteiger partial charge in [-0.3, -0.25) is 9.59 Å². The van der Waals surface area contributed by atoms with Crippen LogP contribution in [0.2, 0.25) is 0 Å². The third-order valence-corrected chi connectivity index (χ3v) is 9.31. The minimum atomic E-state index is -0.162. The molecule has 3 fully saturated rings. The maximum absolute atomic E-state index is 12.5. The first kappa shape index (κ1) is 20.1. The molecule has 0 heterocycles. The minimum Gasteiger partial charge on any atom is -0.462 e. The van der Waals surface area contributed by atoms with Crippen molar-refractivity contribution in [3.8, 4) is 0 Å². The van der Waals surface area contributed by atoms with Crippen LogP contribution in [0.25, 0.3) is 0 Å². The molecule has 4 aliphatic carbocycles. The zero-order valence-corrected chi connectivity index (χ0v) is 18.0. The van der Waals surface area contributed by atoms with Gasteiger partial charge in [-0.1, -0.05) is 25.5 Å². The quantitative estimate of drug-likeness (QED) is 0.580. The highest BCUT2D eigenvalue weighted by Gasteiger charge is 2.61. The maximum atomic E-state index is 12.5. The van der Waals surface area contributed by atoms with Crippen LogP contribution in [0.1, 0.15) is 72.6 Å². The molecule has 0 spiro atoms. The van der Waals surface area contributed by atoms with E-state index in [1.54, 1.807) is 6.92 Å². The van der Waals surface area contributed by atoms with E-state index in [-0.39, 0.29) is 28.8 Å². The van der Waals surface area contributed by atoms with Crippen LogP contribution in [0.3, 0.4) is 0 Å². The molecule has 0 saturated heterocycles. The fourth-order valence-electron chi connectivity index (χ4n) is 8.17. The number of carbonyl (C=O) groups excluding carboxylic acids is 2. The van der Waals surface area contributed by atoms with E-state index in [0.717, 1.165) is 38.5 Å². The topological polar surface area (TPSA) is 69.4 Å². The van der Waals surface area contributed by atoms with Crippen molar-refractivity contribution in [2.24, 2.45) is 46.2 Å². The van der Waals surface area contributed by atoms with Crippen LogP contribution in [-0.4, -0.2) is 24.4 Å². The lowest BCUT2D eigenvalue weighted by atomic mass is 9.47. The third-order valence-electron chi connectivity index (χ3n) is 9.31. The predicted molar refractivity (Wildman–Crippen MR) is 109 cm³/mol. The smallest absolute Gasteiger partial charge is 0.302 e. The number of carbonyl (C=O) groups is 2. The molecule has 4 unspecified atom stereocenters. The van der Waals surface area contributed by atoms with Crippen LogP contribution in [0.4, 0.5) is 0 Å². The Morgan fingerprint density at radius 1 is 1.18 bits per heavy atom. The minimum absolute atomic E-state index is 0.0532. The molecule has 0 aromatic carbocycles. The van der Waals surface area contributed by atoms with Crippen molar-refractivity contribution in [3.05, 3.63) is 11.6 Å². The molecular weight excluding hydrogens is 350 g/mol. The summed E-state index contributed by atoms with van der Waals surface area (Å²) in [5.74, 6) is 2.63. The Hall–Kier alpha value is -1.16. The van der Waals surface area contributed by atoms with Gasteiger partial charge in [0.05, 0.1) is 0 Å². The van der Waals surface area contributed by atoms with Gasteiger partial charge in [0.25, 0.3) is 0 Å². The standard InChI is InChI=1S/C24H37NO3/c1-14(26)22-16(13-25)11-21-19-6-5-17-12-18(28-15(2)27)7-9-23(17,3)20(19)8-10-24(21,22)4/h5,16,18-22H,6-13,25H2,1-4H3/t16-,18?,19?,20?,21?,22-,23-,24-/m0/s1. The normalized spacial score (nSPS) is 47.4. The molecule has 0 aromatic rings. The van der Waals surface area contributed by atoms with Crippen LogP contribution in [-0.2, 0) is 14.3 Å². The summed E-state index contributed by atoms with van der Waals surface area (Å²) in [4.78, 5) is 23.9. The van der Waals surface area contributed by atoms with Crippen molar-refractivity contribution in [2.45, 2.75) is 78.7 Å². The monoisotopic (exact) mass is 387 g/mol. The second kappa shape index (κ2) is 6.97. The molecule has 3 saturated carbocycles. The van der Waals surface area contributed by atoms with Gasteiger partial charge >= 0.3 is 5.97 Å². The first-order chi connectivity index (χ1) is 13.2. The summed E-state index contributed by atoms with van der Waals surface area (Å²) in [6.07, 6.45) is 10.1. The predicted octanol–water partition coefficient (Wildman–Crippen LogP) is 4.27. The molecule has 0 radical (unpaired) electrons. The summed E-state index contributed by atoms with van der Waals surface area (Å²) >= 11 is 0. The second-order valence-corrected chi connectivity index (χ2v) is 10.6. The summed E-state index contributed by atoms with van der Waals surface area (Å²) in [6.45, 7) is 8.77.